The van der Waals surface area contributed by atoms with Gasteiger partial charge in [-0.05, 0) is 56.8 Å². The van der Waals surface area contributed by atoms with E-state index in [1.54, 1.807) is 19.1 Å². The molecule has 0 saturated heterocycles. The lowest BCUT2D eigenvalue weighted by Gasteiger charge is -2.17. The van der Waals surface area contributed by atoms with Crippen LogP contribution >= 0.6 is 11.6 Å². The van der Waals surface area contributed by atoms with Crippen molar-refractivity contribution >= 4 is 53.2 Å². The molecule has 2 amide bonds. The minimum Gasteiger partial charge on any atom is -0.468 e. The molecule has 0 saturated carbocycles. The van der Waals surface area contributed by atoms with Gasteiger partial charge in [-0.1, -0.05) is 45.4 Å². The van der Waals surface area contributed by atoms with Gasteiger partial charge in [0, 0.05) is 36.6 Å². The summed E-state index contributed by atoms with van der Waals surface area (Å²) in [6.07, 6.45) is 8.12. The van der Waals surface area contributed by atoms with Crippen molar-refractivity contribution in [2.24, 2.45) is 0 Å². The molecule has 45 heavy (non-hydrogen) atoms. The van der Waals surface area contributed by atoms with Gasteiger partial charge in [0.1, 0.15) is 23.8 Å². The molecule has 244 valence electrons. The van der Waals surface area contributed by atoms with Crippen LogP contribution in [0.3, 0.4) is 0 Å². The number of fused-ring (bicyclic) bond motifs is 1. The lowest BCUT2D eigenvalue weighted by atomic mass is 10.1. The largest absolute Gasteiger partial charge is 0.468 e. The molecule has 3 heterocycles. The average Bonchev–Trinajstić information content (AvgIpc) is 3.48. The molecule has 2 aromatic heterocycles. The second-order valence-electron chi connectivity index (χ2n) is 9.55. The van der Waals surface area contributed by atoms with Crippen molar-refractivity contribution < 1.29 is 23.5 Å². The van der Waals surface area contributed by atoms with E-state index in [0.717, 1.165) is 30.9 Å². The van der Waals surface area contributed by atoms with Gasteiger partial charge in [0.15, 0.2) is 0 Å². The molecule has 0 aromatic carbocycles. The van der Waals surface area contributed by atoms with Crippen LogP contribution < -0.4 is 16.0 Å². The Hall–Kier alpha value is -4.29. The number of aromatic nitrogens is 3. The highest BCUT2D eigenvalue weighted by molar-refractivity contribution is 6.35. The zero-order valence-corrected chi connectivity index (χ0v) is 27.5. The van der Waals surface area contributed by atoms with E-state index in [1.165, 1.54) is 18.5 Å². The highest BCUT2D eigenvalue weighted by Gasteiger charge is 2.30. The molecule has 0 spiro atoms. The van der Waals surface area contributed by atoms with Gasteiger partial charge < -0.3 is 30.6 Å². The Labute approximate surface area is 269 Å². The predicted molar refractivity (Wildman–Crippen MR) is 177 cm³/mol. The molecule has 1 aliphatic carbocycles. The summed E-state index contributed by atoms with van der Waals surface area (Å²) < 4.78 is 18.0. The molecule has 2 aliphatic rings. The summed E-state index contributed by atoms with van der Waals surface area (Å²) in [7, 11) is 0. The van der Waals surface area contributed by atoms with Crippen molar-refractivity contribution in [2.75, 3.05) is 43.4 Å². The third-order valence-corrected chi connectivity index (χ3v) is 6.92. The Morgan fingerprint density at radius 1 is 1.22 bits per heavy atom. The van der Waals surface area contributed by atoms with Crippen LogP contribution in [0.5, 0.6) is 0 Å². The third kappa shape index (κ3) is 11.0. The Morgan fingerprint density at radius 2 is 1.96 bits per heavy atom. The number of anilines is 2. The van der Waals surface area contributed by atoms with Gasteiger partial charge in [0.05, 0.1) is 29.2 Å². The number of rotatable bonds is 12. The third-order valence-electron chi connectivity index (χ3n) is 6.63. The van der Waals surface area contributed by atoms with E-state index in [4.69, 9.17) is 11.6 Å². The molecule has 0 unspecified atom stereocenters. The number of allylic oxidation sites excluding steroid dienone is 5. The summed E-state index contributed by atoms with van der Waals surface area (Å²) >= 11 is 6.01. The second-order valence-corrected chi connectivity index (χ2v) is 9.96. The number of aryl methyl sites for hydroxylation is 1. The number of halogens is 2. The number of carbonyl (C=O) groups excluding carboxylic acids is 3. The summed E-state index contributed by atoms with van der Waals surface area (Å²) in [5, 5.41) is 8.86. The van der Waals surface area contributed by atoms with Crippen molar-refractivity contribution in [1.29, 1.82) is 0 Å². The number of H-pyrrole nitrogens is 1. The van der Waals surface area contributed by atoms with Crippen LogP contribution in [0, 0.1) is 6.92 Å². The van der Waals surface area contributed by atoms with E-state index in [1.807, 2.05) is 26.8 Å². The van der Waals surface area contributed by atoms with Gasteiger partial charge in [0.25, 0.3) is 12.4 Å². The van der Waals surface area contributed by atoms with Crippen molar-refractivity contribution in [3.05, 3.63) is 69.7 Å². The zero-order chi connectivity index (χ0) is 33.4. The topological polar surface area (TPSA) is 141 Å². The minimum absolute atomic E-state index is 0.0245. The minimum atomic E-state index is -0.524. The molecule has 4 N–H and O–H groups in total. The SMILES string of the molecule is CC.CCN(CC)CCNC(=O)Cc1cc(C)c(/C=C2\C(=O)Nc3ncnc(NC4=CC(Cl)=C(F)C=CC4)c32)[nH]1.CCOC=O. The number of carbonyl (C=O) groups is 3. The van der Waals surface area contributed by atoms with E-state index in [0.29, 0.717) is 60.2 Å². The Morgan fingerprint density at radius 3 is 2.60 bits per heavy atom. The lowest BCUT2D eigenvalue weighted by Crippen LogP contribution is -2.35. The van der Waals surface area contributed by atoms with Gasteiger partial charge in [-0.15, -0.1) is 0 Å². The molecule has 4 rings (SSSR count). The zero-order valence-electron chi connectivity index (χ0n) is 26.7. The summed E-state index contributed by atoms with van der Waals surface area (Å²) in [6, 6.07) is 1.90. The Bertz CT molecular complexity index is 1440. The van der Waals surface area contributed by atoms with Crippen molar-refractivity contribution in [2.45, 2.75) is 54.4 Å². The van der Waals surface area contributed by atoms with E-state index >= 15 is 0 Å². The summed E-state index contributed by atoms with van der Waals surface area (Å²) in [4.78, 5) is 48.6. The fourth-order valence-corrected chi connectivity index (χ4v) is 4.57. The summed E-state index contributed by atoms with van der Waals surface area (Å²) in [5.74, 6) is -0.163. The van der Waals surface area contributed by atoms with Gasteiger partial charge in [-0.2, -0.15) is 0 Å². The van der Waals surface area contributed by atoms with Crippen molar-refractivity contribution in [3.63, 3.8) is 0 Å². The molecule has 0 fully saturated rings. The number of amides is 2. The average molecular weight is 644 g/mol. The van der Waals surface area contributed by atoms with Crippen LogP contribution in [0.15, 0.2) is 47.2 Å². The van der Waals surface area contributed by atoms with Crippen LogP contribution in [-0.4, -0.2) is 70.9 Å². The molecular weight excluding hydrogens is 601 g/mol. The Kier molecular flexibility index (Phi) is 15.7. The smallest absolute Gasteiger partial charge is 0.293 e. The highest BCUT2D eigenvalue weighted by atomic mass is 35.5. The molecule has 2 aromatic rings. The number of hydrogen-bond acceptors (Lipinski definition) is 8. The first-order chi connectivity index (χ1) is 21.7. The van der Waals surface area contributed by atoms with Crippen LogP contribution in [0.4, 0.5) is 16.0 Å². The molecule has 11 nitrogen and oxygen atoms in total. The normalized spacial score (nSPS) is 14.4. The number of hydrogen-bond donors (Lipinski definition) is 4. The van der Waals surface area contributed by atoms with Crippen LogP contribution in [0.1, 0.15) is 63.6 Å². The number of aromatic amines is 1. The fraction of sp³-hybridized carbons (Fsp3) is 0.406. The summed E-state index contributed by atoms with van der Waals surface area (Å²) in [6.45, 7) is 16.0. The number of nitrogens with zero attached hydrogens (tertiary/aromatic N) is 3. The van der Waals surface area contributed by atoms with E-state index in [-0.39, 0.29) is 23.3 Å². The maximum atomic E-state index is 13.8. The standard InChI is InChI=1S/C27H31ClFN7O2.C3H6O2.C2H6/c1-4-36(5-2)10-9-30-23(37)13-18-11-16(3)22(33-18)14-19-24-25(31-15-32-26(24)35-27(19)38)34-17-7-6-8-21(29)20(28)12-17;1-2-5-3-4;1-2/h6,8,11-12,14-15,33H,4-5,7,9-10,13H2,1-3H3,(H,30,37)(H2,31,32,34,35,38);3H,2H2,1H3;1-2H3/b19-14-;;. The molecule has 0 radical (unpaired) electrons. The van der Waals surface area contributed by atoms with Gasteiger partial charge in [0.2, 0.25) is 5.91 Å². The first-order valence-electron chi connectivity index (χ1n) is 15.0. The van der Waals surface area contributed by atoms with Gasteiger partial charge >= 0.3 is 0 Å². The molecular formula is C32H43ClFN7O4. The monoisotopic (exact) mass is 643 g/mol. The molecule has 1 aliphatic heterocycles. The first-order valence-corrected chi connectivity index (χ1v) is 15.4. The number of likely N-dealkylation sites (N-methyl/N-ethyl adjacent to an activating group) is 1. The molecule has 0 bridgehead atoms. The fourth-order valence-electron chi connectivity index (χ4n) is 4.38. The van der Waals surface area contributed by atoms with Crippen molar-refractivity contribution in [1.82, 2.24) is 25.2 Å². The Balaban J connectivity index is 0.000000917. The first kappa shape index (κ1) is 36.9. The predicted octanol–water partition coefficient (Wildman–Crippen LogP) is 5.49. The van der Waals surface area contributed by atoms with Crippen molar-refractivity contribution in [3.8, 4) is 0 Å². The van der Waals surface area contributed by atoms with E-state index < -0.39 is 5.83 Å². The quantitative estimate of drug-likeness (QED) is 0.176. The lowest BCUT2D eigenvalue weighted by molar-refractivity contribution is -0.128. The number of ether oxygens (including phenoxy) is 1. The maximum Gasteiger partial charge on any atom is 0.293 e. The van der Waals surface area contributed by atoms with Crippen LogP contribution in [-0.2, 0) is 25.5 Å². The number of nitrogens with one attached hydrogen (secondary N) is 4. The second kappa shape index (κ2) is 19.2. The molecule has 13 heteroatoms. The van der Waals surface area contributed by atoms with E-state index in [2.05, 4.69) is 54.4 Å². The van der Waals surface area contributed by atoms with E-state index in [9.17, 15) is 18.8 Å². The maximum absolute atomic E-state index is 13.8. The molecule has 0 atom stereocenters. The van der Waals surface area contributed by atoms with Gasteiger partial charge in [-0.25, -0.2) is 14.4 Å². The van der Waals surface area contributed by atoms with Crippen LogP contribution in [0.25, 0.3) is 11.6 Å². The van der Waals surface area contributed by atoms with Gasteiger partial charge in [-0.3, -0.25) is 14.4 Å². The summed E-state index contributed by atoms with van der Waals surface area (Å²) in [5.41, 5.74) is 3.81. The van der Waals surface area contributed by atoms with Crippen LogP contribution in [0.2, 0.25) is 0 Å². The highest BCUT2D eigenvalue weighted by Crippen LogP contribution is 2.37.